The molecule has 1 fully saturated rings. The molecule has 0 aliphatic carbocycles. The van der Waals surface area contributed by atoms with Crippen molar-refractivity contribution >= 4 is 17.6 Å². The van der Waals surface area contributed by atoms with Crippen LogP contribution in [0, 0.1) is 0 Å². The predicted octanol–water partition coefficient (Wildman–Crippen LogP) is 2.59. The first-order valence-electron chi connectivity index (χ1n) is 8.60. The smallest absolute Gasteiger partial charge is 0.315 e. The summed E-state index contributed by atoms with van der Waals surface area (Å²) in [5, 5.41) is 0. The lowest BCUT2D eigenvalue weighted by atomic mass is 9.85. The van der Waals surface area contributed by atoms with Crippen molar-refractivity contribution in [3.8, 4) is 0 Å². The standard InChI is InChI=1S/C19H28N2O3/c1-5-24-18(23)14-17(22)21-12-10-20(11-13-21)16-9-7-6-8-15(16)19(2,3)4/h6-9H,5,10-14H2,1-4H3. The lowest BCUT2D eigenvalue weighted by molar-refractivity contribution is -0.148. The molecule has 1 aromatic carbocycles. The largest absolute Gasteiger partial charge is 0.466 e. The van der Waals surface area contributed by atoms with Gasteiger partial charge in [-0.15, -0.1) is 0 Å². The molecule has 0 bridgehead atoms. The van der Waals surface area contributed by atoms with Crippen molar-refractivity contribution in [2.24, 2.45) is 0 Å². The van der Waals surface area contributed by atoms with Crippen molar-refractivity contribution < 1.29 is 14.3 Å². The fourth-order valence-electron chi connectivity index (χ4n) is 3.03. The summed E-state index contributed by atoms with van der Waals surface area (Å²) in [6.07, 6.45) is -0.160. The Morgan fingerprint density at radius 1 is 1.08 bits per heavy atom. The van der Waals surface area contributed by atoms with Crippen LogP contribution in [0.25, 0.3) is 0 Å². The second-order valence-electron chi connectivity index (χ2n) is 7.12. The lowest BCUT2D eigenvalue weighted by Gasteiger charge is -2.38. The van der Waals surface area contributed by atoms with Gasteiger partial charge in [0.15, 0.2) is 0 Å². The second kappa shape index (κ2) is 7.69. The van der Waals surface area contributed by atoms with Crippen molar-refractivity contribution in [3.05, 3.63) is 29.8 Å². The topological polar surface area (TPSA) is 49.9 Å². The van der Waals surface area contributed by atoms with Gasteiger partial charge in [0.25, 0.3) is 0 Å². The fourth-order valence-corrected chi connectivity index (χ4v) is 3.03. The molecule has 1 saturated heterocycles. The molecule has 0 radical (unpaired) electrons. The zero-order valence-corrected chi connectivity index (χ0v) is 15.2. The number of rotatable bonds is 4. The summed E-state index contributed by atoms with van der Waals surface area (Å²) in [6.45, 7) is 11.5. The Balaban J connectivity index is 1.99. The van der Waals surface area contributed by atoms with E-state index in [2.05, 4.69) is 49.9 Å². The van der Waals surface area contributed by atoms with Crippen molar-refractivity contribution in [1.82, 2.24) is 4.90 Å². The molecule has 1 amide bonds. The number of benzene rings is 1. The summed E-state index contributed by atoms with van der Waals surface area (Å²) in [4.78, 5) is 27.7. The number of hydrogen-bond acceptors (Lipinski definition) is 4. The number of carbonyl (C=O) groups is 2. The van der Waals surface area contributed by atoms with E-state index in [0.29, 0.717) is 19.7 Å². The van der Waals surface area contributed by atoms with Gasteiger partial charge in [-0.3, -0.25) is 9.59 Å². The first kappa shape index (κ1) is 18.3. The quantitative estimate of drug-likeness (QED) is 0.628. The van der Waals surface area contributed by atoms with E-state index in [4.69, 9.17) is 4.74 Å². The highest BCUT2D eigenvalue weighted by Gasteiger charge is 2.26. The molecule has 0 aromatic heterocycles. The van der Waals surface area contributed by atoms with Gasteiger partial charge in [0.2, 0.25) is 5.91 Å². The van der Waals surface area contributed by atoms with Gasteiger partial charge in [0, 0.05) is 31.9 Å². The van der Waals surface area contributed by atoms with E-state index < -0.39 is 5.97 Å². The number of amides is 1. The molecular formula is C19H28N2O3. The van der Waals surface area contributed by atoms with Gasteiger partial charge in [-0.2, -0.15) is 0 Å². The van der Waals surface area contributed by atoms with Crippen LogP contribution in [-0.2, 0) is 19.7 Å². The van der Waals surface area contributed by atoms with E-state index in [-0.39, 0.29) is 17.7 Å². The molecule has 24 heavy (non-hydrogen) atoms. The molecule has 132 valence electrons. The molecule has 1 aliphatic rings. The van der Waals surface area contributed by atoms with Gasteiger partial charge in [-0.1, -0.05) is 39.0 Å². The van der Waals surface area contributed by atoms with E-state index in [1.165, 1.54) is 11.3 Å². The summed E-state index contributed by atoms with van der Waals surface area (Å²) in [5.41, 5.74) is 2.63. The molecule has 1 heterocycles. The predicted molar refractivity (Wildman–Crippen MR) is 95.2 cm³/mol. The third kappa shape index (κ3) is 4.49. The molecule has 5 nitrogen and oxygen atoms in total. The van der Waals surface area contributed by atoms with Gasteiger partial charge in [0.05, 0.1) is 6.61 Å². The average Bonchev–Trinajstić information content (AvgIpc) is 2.54. The van der Waals surface area contributed by atoms with E-state index >= 15 is 0 Å². The average molecular weight is 332 g/mol. The van der Waals surface area contributed by atoms with Crippen LogP contribution >= 0.6 is 0 Å². The summed E-state index contributed by atoms with van der Waals surface area (Å²) < 4.78 is 4.85. The number of esters is 1. The SMILES string of the molecule is CCOC(=O)CC(=O)N1CCN(c2ccccc2C(C)(C)C)CC1. The molecular weight excluding hydrogens is 304 g/mol. The Hall–Kier alpha value is -2.04. The van der Waals surface area contributed by atoms with Crippen molar-refractivity contribution in [1.29, 1.82) is 0 Å². The molecule has 1 aliphatic heterocycles. The van der Waals surface area contributed by atoms with E-state index in [9.17, 15) is 9.59 Å². The highest BCUT2D eigenvalue weighted by molar-refractivity contribution is 5.94. The molecule has 0 saturated carbocycles. The minimum Gasteiger partial charge on any atom is -0.466 e. The van der Waals surface area contributed by atoms with Crippen molar-refractivity contribution in [2.45, 2.75) is 39.5 Å². The van der Waals surface area contributed by atoms with Crippen LogP contribution in [0.3, 0.4) is 0 Å². The highest BCUT2D eigenvalue weighted by atomic mass is 16.5. The Morgan fingerprint density at radius 3 is 2.29 bits per heavy atom. The van der Waals surface area contributed by atoms with E-state index in [0.717, 1.165) is 13.1 Å². The molecule has 1 aromatic rings. The normalized spacial score (nSPS) is 15.3. The molecule has 2 rings (SSSR count). The van der Waals surface area contributed by atoms with E-state index in [1.807, 2.05) is 0 Å². The maximum atomic E-state index is 12.2. The van der Waals surface area contributed by atoms with Gasteiger partial charge < -0.3 is 14.5 Å². The number of hydrogen-bond donors (Lipinski definition) is 0. The second-order valence-corrected chi connectivity index (χ2v) is 7.12. The maximum Gasteiger partial charge on any atom is 0.315 e. The summed E-state index contributed by atoms with van der Waals surface area (Å²) in [5.74, 6) is -0.583. The number of ether oxygens (including phenoxy) is 1. The lowest BCUT2D eigenvalue weighted by Crippen LogP contribution is -2.49. The van der Waals surface area contributed by atoms with Gasteiger partial charge >= 0.3 is 5.97 Å². The highest BCUT2D eigenvalue weighted by Crippen LogP contribution is 2.32. The van der Waals surface area contributed by atoms with Gasteiger partial charge in [-0.25, -0.2) is 0 Å². The minimum absolute atomic E-state index is 0.0768. The fraction of sp³-hybridized carbons (Fsp3) is 0.579. The van der Waals surface area contributed by atoms with Gasteiger partial charge in [-0.05, 0) is 24.0 Å². The number of para-hydroxylation sites is 1. The van der Waals surface area contributed by atoms with Crippen LogP contribution in [-0.4, -0.2) is 49.6 Å². The van der Waals surface area contributed by atoms with Crippen LogP contribution in [0.5, 0.6) is 0 Å². The summed E-state index contributed by atoms with van der Waals surface area (Å²) in [7, 11) is 0. The Kier molecular flexibility index (Phi) is 5.86. The maximum absolute atomic E-state index is 12.2. The number of nitrogens with zero attached hydrogens (tertiary/aromatic N) is 2. The number of carbonyl (C=O) groups excluding carboxylic acids is 2. The third-order valence-corrected chi connectivity index (χ3v) is 4.29. The minimum atomic E-state index is -0.442. The third-order valence-electron chi connectivity index (χ3n) is 4.29. The zero-order chi connectivity index (χ0) is 17.7. The first-order chi connectivity index (χ1) is 11.3. The molecule has 0 atom stereocenters. The van der Waals surface area contributed by atoms with Crippen LogP contribution in [0.1, 0.15) is 39.7 Å². The molecule has 5 heteroatoms. The zero-order valence-electron chi connectivity index (χ0n) is 15.2. The first-order valence-corrected chi connectivity index (χ1v) is 8.60. The Morgan fingerprint density at radius 2 is 1.71 bits per heavy atom. The van der Waals surface area contributed by atoms with Crippen molar-refractivity contribution in [2.75, 3.05) is 37.7 Å². The Bertz CT molecular complexity index is 585. The van der Waals surface area contributed by atoms with Gasteiger partial charge in [0.1, 0.15) is 6.42 Å². The van der Waals surface area contributed by atoms with Crippen LogP contribution in [0.15, 0.2) is 24.3 Å². The summed E-state index contributed by atoms with van der Waals surface area (Å²) >= 11 is 0. The monoisotopic (exact) mass is 332 g/mol. The van der Waals surface area contributed by atoms with Crippen molar-refractivity contribution in [3.63, 3.8) is 0 Å². The van der Waals surface area contributed by atoms with Crippen LogP contribution in [0.4, 0.5) is 5.69 Å². The van der Waals surface area contributed by atoms with Crippen LogP contribution in [0.2, 0.25) is 0 Å². The number of piperazine rings is 1. The number of anilines is 1. The van der Waals surface area contributed by atoms with E-state index in [1.54, 1.807) is 11.8 Å². The Labute approximate surface area is 144 Å². The molecule has 0 spiro atoms. The summed E-state index contributed by atoms with van der Waals surface area (Å²) in [6, 6.07) is 8.45. The molecule has 0 unspecified atom stereocenters. The van der Waals surface area contributed by atoms with Crippen LogP contribution < -0.4 is 4.90 Å². The molecule has 0 N–H and O–H groups in total.